The van der Waals surface area contributed by atoms with Crippen molar-refractivity contribution in [3.63, 3.8) is 0 Å². The number of likely N-dealkylation sites (tertiary alicyclic amines) is 1. The number of nitrogens with zero attached hydrogens (tertiary/aromatic N) is 2. The van der Waals surface area contributed by atoms with E-state index in [2.05, 4.69) is 12.1 Å². The number of hydrogen-bond acceptors (Lipinski definition) is 3. The summed E-state index contributed by atoms with van der Waals surface area (Å²) in [6, 6.07) is 12.4. The van der Waals surface area contributed by atoms with Crippen LogP contribution in [0.2, 0.25) is 5.02 Å². The van der Waals surface area contributed by atoms with Gasteiger partial charge in [-0.05, 0) is 85.4 Å². The molecule has 1 aliphatic carbocycles. The van der Waals surface area contributed by atoms with Gasteiger partial charge in [-0.3, -0.25) is 0 Å². The number of carbonyl (C=O) groups is 1. The average Bonchev–Trinajstić information content (AvgIpc) is 3.29. The topological polar surface area (TPSA) is 53.3 Å². The normalized spacial score (nSPS) is 22.2. The van der Waals surface area contributed by atoms with Gasteiger partial charge in [0.15, 0.2) is 0 Å². The van der Waals surface area contributed by atoms with Crippen LogP contribution in [0.1, 0.15) is 42.0 Å². The largest absolute Gasteiger partial charge is 0.450 e. The van der Waals surface area contributed by atoms with E-state index in [9.17, 15) is 9.18 Å². The van der Waals surface area contributed by atoms with E-state index in [1.54, 1.807) is 23.1 Å². The highest BCUT2D eigenvalue weighted by Gasteiger charge is 2.59. The Kier molecular flexibility index (Phi) is 6.26. The van der Waals surface area contributed by atoms with E-state index in [0.29, 0.717) is 42.6 Å². The quantitative estimate of drug-likeness (QED) is 0.546. The Morgan fingerprint density at radius 2 is 2.19 bits per heavy atom. The van der Waals surface area contributed by atoms with Crippen molar-refractivity contribution < 1.29 is 13.9 Å². The van der Waals surface area contributed by atoms with Crippen LogP contribution < -0.4 is 0 Å². The first-order valence-corrected chi connectivity index (χ1v) is 11.3. The lowest BCUT2D eigenvalue weighted by Gasteiger charge is -2.17. The molecule has 1 spiro atoms. The third-order valence-corrected chi connectivity index (χ3v) is 7.03. The molecular formula is C26H26ClFN2O2. The number of hydrogen-bond donors (Lipinski definition) is 0. The fourth-order valence-electron chi connectivity index (χ4n) is 4.84. The minimum absolute atomic E-state index is 0.0518. The lowest BCUT2D eigenvalue weighted by atomic mass is 9.91. The molecule has 4 nitrogen and oxygen atoms in total. The van der Waals surface area contributed by atoms with Gasteiger partial charge >= 0.3 is 6.09 Å². The Morgan fingerprint density at radius 1 is 1.38 bits per heavy atom. The summed E-state index contributed by atoms with van der Waals surface area (Å²) >= 11 is 6.26. The van der Waals surface area contributed by atoms with Crippen LogP contribution in [0.3, 0.4) is 0 Å². The first-order chi connectivity index (χ1) is 15.3. The summed E-state index contributed by atoms with van der Waals surface area (Å²) in [5.74, 6) is 0.0604. The Morgan fingerprint density at radius 3 is 2.91 bits per heavy atom. The number of carbonyl (C=O) groups excluding carboxylic acids is 1. The minimum Gasteiger partial charge on any atom is -0.450 e. The van der Waals surface area contributed by atoms with Gasteiger partial charge in [-0.2, -0.15) is 5.26 Å². The molecule has 2 aromatic carbocycles. The van der Waals surface area contributed by atoms with Gasteiger partial charge in [-0.25, -0.2) is 9.18 Å². The summed E-state index contributed by atoms with van der Waals surface area (Å²) in [7, 11) is 0. The van der Waals surface area contributed by atoms with Crippen molar-refractivity contribution in [1.29, 1.82) is 5.26 Å². The van der Waals surface area contributed by atoms with Crippen LogP contribution in [0.25, 0.3) is 6.08 Å². The minimum atomic E-state index is -0.250. The van der Waals surface area contributed by atoms with Gasteiger partial charge in [-0.15, -0.1) is 0 Å². The van der Waals surface area contributed by atoms with Gasteiger partial charge in [0.2, 0.25) is 0 Å². The molecule has 1 heterocycles. The highest BCUT2D eigenvalue weighted by atomic mass is 35.5. The SMILES string of the molecule is CCOC(=O)N1CC[C@]2(CC2/C(=C/c2ccc(C#N)c(Cl)c2)Cc2cc(F)ccc2C)C1. The van der Waals surface area contributed by atoms with Crippen molar-refractivity contribution in [3.05, 3.63) is 75.1 Å². The van der Waals surface area contributed by atoms with Crippen molar-refractivity contribution >= 4 is 23.8 Å². The number of nitriles is 1. The number of rotatable bonds is 5. The number of halogens is 2. The standard InChI is InChI=1S/C26H26ClFN2O2/c1-3-32-25(31)30-9-8-26(16-30)14-23(26)21(12-20-13-22(28)7-4-17(20)2)10-18-5-6-19(15-29)24(27)11-18/h4-7,10-11,13,23H,3,8-9,12,14,16H2,1-2H3/b21-10+/t23?,26-/m0/s1. The number of allylic oxidation sites excluding steroid dienone is 1. The van der Waals surface area contributed by atoms with Gasteiger partial charge in [0.25, 0.3) is 0 Å². The maximum Gasteiger partial charge on any atom is 0.409 e. The summed E-state index contributed by atoms with van der Waals surface area (Å²) in [6.45, 7) is 5.56. The van der Waals surface area contributed by atoms with Crippen molar-refractivity contribution in [2.45, 2.75) is 33.1 Å². The molecule has 2 aliphatic rings. The van der Waals surface area contributed by atoms with Crippen LogP contribution in [0.15, 0.2) is 42.0 Å². The van der Waals surface area contributed by atoms with Crippen molar-refractivity contribution in [2.24, 2.45) is 11.3 Å². The lowest BCUT2D eigenvalue weighted by molar-refractivity contribution is 0.114. The van der Waals surface area contributed by atoms with E-state index < -0.39 is 0 Å². The fourth-order valence-corrected chi connectivity index (χ4v) is 5.07. The molecule has 4 rings (SSSR count). The van der Waals surface area contributed by atoms with E-state index in [1.165, 1.54) is 11.6 Å². The molecule has 1 amide bonds. The molecule has 2 atom stereocenters. The van der Waals surface area contributed by atoms with Gasteiger partial charge < -0.3 is 9.64 Å². The van der Waals surface area contributed by atoms with Crippen LogP contribution in [-0.4, -0.2) is 30.7 Å². The molecule has 1 saturated carbocycles. The molecule has 32 heavy (non-hydrogen) atoms. The number of ether oxygens (including phenoxy) is 1. The van der Waals surface area contributed by atoms with Crippen LogP contribution in [0.4, 0.5) is 9.18 Å². The summed E-state index contributed by atoms with van der Waals surface area (Å²) < 4.78 is 19.1. The highest BCUT2D eigenvalue weighted by Crippen LogP contribution is 2.62. The summed E-state index contributed by atoms with van der Waals surface area (Å²) in [6.07, 6.45) is 4.43. The molecule has 0 N–H and O–H groups in total. The number of benzene rings is 2. The van der Waals surface area contributed by atoms with Crippen molar-refractivity contribution in [3.8, 4) is 6.07 Å². The third-order valence-electron chi connectivity index (χ3n) is 6.72. The zero-order valence-electron chi connectivity index (χ0n) is 18.3. The molecule has 6 heteroatoms. The first-order valence-electron chi connectivity index (χ1n) is 10.9. The van der Waals surface area contributed by atoms with E-state index in [0.717, 1.165) is 29.5 Å². The monoisotopic (exact) mass is 452 g/mol. The molecule has 1 aliphatic heterocycles. The van der Waals surface area contributed by atoms with Crippen molar-refractivity contribution in [1.82, 2.24) is 4.90 Å². The average molecular weight is 453 g/mol. The number of aryl methyl sites for hydroxylation is 1. The lowest BCUT2D eigenvalue weighted by Crippen LogP contribution is -2.29. The Balaban J connectivity index is 1.63. The fraction of sp³-hybridized carbons (Fsp3) is 0.385. The number of amides is 1. The van der Waals surface area contributed by atoms with Gasteiger partial charge in [0.1, 0.15) is 11.9 Å². The molecule has 0 radical (unpaired) electrons. The third kappa shape index (κ3) is 4.52. The van der Waals surface area contributed by atoms with Crippen LogP contribution >= 0.6 is 11.6 Å². The smallest absolute Gasteiger partial charge is 0.409 e. The molecule has 0 bridgehead atoms. The van der Waals surface area contributed by atoms with Crippen molar-refractivity contribution in [2.75, 3.05) is 19.7 Å². The second-order valence-corrected chi connectivity index (χ2v) is 9.21. The predicted octanol–water partition coefficient (Wildman–Crippen LogP) is 6.15. The molecule has 1 saturated heterocycles. The molecule has 166 valence electrons. The second-order valence-electron chi connectivity index (χ2n) is 8.81. The Labute approximate surface area is 193 Å². The van der Waals surface area contributed by atoms with Gasteiger partial charge in [0, 0.05) is 13.1 Å². The maximum absolute atomic E-state index is 14.0. The van der Waals surface area contributed by atoms with Crippen LogP contribution in [-0.2, 0) is 11.2 Å². The molecule has 1 unspecified atom stereocenters. The predicted molar refractivity (Wildman–Crippen MR) is 123 cm³/mol. The van der Waals surface area contributed by atoms with E-state index in [4.69, 9.17) is 21.6 Å². The van der Waals surface area contributed by atoms with E-state index in [-0.39, 0.29) is 17.3 Å². The van der Waals surface area contributed by atoms with E-state index >= 15 is 0 Å². The molecular weight excluding hydrogens is 427 g/mol. The Hall–Kier alpha value is -2.84. The zero-order chi connectivity index (χ0) is 22.9. The zero-order valence-corrected chi connectivity index (χ0v) is 19.1. The molecule has 2 fully saturated rings. The van der Waals surface area contributed by atoms with Crippen LogP contribution in [0.5, 0.6) is 0 Å². The van der Waals surface area contributed by atoms with E-state index in [1.807, 2.05) is 26.0 Å². The van der Waals surface area contributed by atoms with Gasteiger partial charge in [-0.1, -0.05) is 35.4 Å². The first kappa shape index (κ1) is 22.4. The summed E-state index contributed by atoms with van der Waals surface area (Å²) in [4.78, 5) is 14.0. The summed E-state index contributed by atoms with van der Waals surface area (Å²) in [5, 5.41) is 9.58. The Bertz CT molecular complexity index is 1120. The highest BCUT2D eigenvalue weighted by molar-refractivity contribution is 6.31. The maximum atomic E-state index is 14.0. The van der Waals surface area contributed by atoms with Crippen LogP contribution in [0, 0.1) is 35.4 Å². The molecule has 2 aromatic rings. The molecule has 0 aromatic heterocycles. The second kappa shape index (κ2) is 8.96. The summed E-state index contributed by atoms with van der Waals surface area (Å²) in [5.41, 5.74) is 4.61. The van der Waals surface area contributed by atoms with Gasteiger partial charge in [0.05, 0.1) is 17.2 Å².